The average Bonchev–Trinajstić information content (AvgIpc) is 3.37. The summed E-state index contributed by atoms with van der Waals surface area (Å²) < 4.78 is 16.4. The number of carbonyl (C=O) groups is 1. The number of nitrogens with zero attached hydrogens (tertiary/aromatic N) is 5. The molecular formula is C28H37N5O6. The highest BCUT2D eigenvalue weighted by Gasteiger charge is 2.31. The van der Waals surface area contributed by atoms with Crippen molar-refractivity contribution in [3.63, 3.8) is 0 Å². The number of aliphatic hydroxyl groups is 1. The van der Waals surface area contributed by atoms with Crippen molar-refractivity contribution in [3.05, 3.63) is 41.1 Å². The Morgan fingerprint density at radius 3 is 2.54 bits per heavy atom. The quantitative estimate of drug-likeness (QED) is 0.324. The summed E-state index contributed by atoms with van der Waals surface area (Å²) in [5.74, 6) is 2.53. The molecule has 0 spiro atoms. The third-order valence-electron chi connectivity index (χ3n) is 6.77. The molecule has 0 bridgehead atoms. The maximum Gasteiger partial charge on any atom is 0.506 e. The fraction of sp³-hybridized carbons (Fsp3) is 0.500. The third kappa shape index (κ3) is 6.85. The van der Waals surface area contributed by atoms with Crippen molar-refractivity contribution in [1.82, 2.24) is 20.0 Å². The zero-order chi connectivity index (χ0) is 28.1. The minimum absolute atomic E-state index is 0.122. The topological polar surface area (TPSA) is 134 Å². The SMILES string of the molecule is CCc1cc(-c2noc(-c3cc(C)nc(N(CC)CC)c3)n2)cc(C)c1OC[C@@H](O)CN1CC(OC(=O)O)C1. The summed E-state index contributed by atoms with van der Waals surface area (Å²) >= 11 is 0. The normalized spacial score (nSPS) is 14.6. The standard InChI is InChI=1S/C28H37N5O6/c1-6-19-11-20(9-17(4)25(19)37-16-22(34)13-32-14-23(15-32)38-28(35)36)26-30-27(39-31-26)21-10-18(5)29-24(12-21)33(7-2)8-3/h9-12,22-23,34H,6-8,13-16H2,1-5H3,(H,35,36)/t22-/m0/s1. The minimum atomic E-state index is -1.27. The van der Waals surface area contributed by atoms with E-state index in [-0.39, 0.29) is 12.7 Å². The van der Waals surface area contributed by atoms with Gasteiger partial charge in [-0.15, -0.1) is 0 Å². The first-order valence-electron chi connectivity index (χ1n) is 13.3. The second-order valence-electron chi connectivity index (χ2n) is 9.77. The molecule has 3 heterocycles. The summed E-state index contributed by atoms with van der Waals surface area (Å²) in [4.78, 5) is 24.0. The number of likely N-dealkylation sites (tertiary alicyclic amines) is 1. The Balaban J connectivity index is 1.44. The van der Waals surface area contributed by atoms with Gasteiger partial charge < -0.3 is 29.1 Å². The van der Waals surface area contributed by atoms with Gasteiger partial charge in [-0.25, -0.2) is 9.78 Å². The lowest BCUT2D eigenvalue weighted by molar-refractivity contribution is -0.0512. The van der Waals surface area contributed by atoms with Gasteiger partial charge in [-0.2, -0.15) is 4.98 Å². The molecule has 210 valence electrons. The van der Waals surface area contributed by atoms with E-state index in [1.165, 1.54) is 0 Å². The van der Waals surface area contributed by atoms with Crippen molar-refractivity contribution in [2.45, 2.75) is 53.2 Å². The van der Waals surface area contributed by atoms with E-state index in [4.69, 9.17) is 19.1 Å². The molecule has 0 aliphatic carbocycles. The molecule has 2 aromatic heterocycles. The van der Waals surface area contributed by atoms with Crippen molar-refractivity contribution in [2.75, 3.05) is 44.2 Å². The van der Waals surface area contributed by atoms with E-state index in [1.54, 1.807) is 0 Å². The third-order valence-corrected chi connectivity index (χ3v) is 6.77. The van der Waals surface area contributed by atoms with E-state index in [9.17, 15) is 9.90 Å². The number of hydrogen-bond acceptors (Lipinski definition) is 10. The van der Waals surface area contributed by atoms with E-state index >= 15 is 0 Å². The lowest BCUT2D eigenvalue weighted by atomic mass is 10.0. The van der Waals surface area contributed by atoms with Gasteiger partial charge in [0.05, 0.1) is 0 Å². The van der Waals surface area contributed by atoms with Crippen molar-refractivity contribution in [1.29, 1.82) is 0 Å². The van der Waals surface area contributed by atoms with Gasteiger partial charge in [0.1, 0.15) is 30.4 Å². The number of rotatable bonds is 12. The van der Waals surface area contributed by atoms with Crippen LogP contribution in [0.3, 0.4) is 0 Å². The molecule has 0 radical (unpaired) electrons. The van der Waals surface area contributed by atoms with Gasteiger partial charge in [0.15, 0.2) is 0 Å². The van der Waals surface area contributed by atoms with Crippen LogP contribution in [0.1, 0.15) is 37.6 Å². The van der Waals surface area contributed by atoms with Gasteiger partial charge in [-0.1, -0.05) is 12.1 Å². The first kappa shape index (κ1) is 28.3. The largest absolute Gasteiger partial charge is 0.506 e. The van der Waals surface area contributed by atoms with Gasteiger partial charge in [-0.05, 0) is 69.5 Å². The zero-order valence-electron chi connectivity index (χ0n) is 23.2. The number of benzene rings is 1. The van der Waals surface area contributed by atoms with Crippen LogP contribution in [0.2, 0.25) is 0 Å². The van der Waals surface area contributed by atoms with Crippen LogP contribution in [0.5, 0.6) is 5.75 Å². The molecule has 1 saturated heterocycles. The maximum absolute atomic E-state index is 10.6. The Kier molecular flexibility index (Phi) is 9.03. The van der Waals surface area contributed by atoms with Crippen LogP contribution in [0.25, 0.3) is 22.8 Å². The molecular weight excluding hydrogens is 502 g/mol. The molecule has 1 fully saturated rings. The van der Waals surface area contributed by atoms with Gasteiger partial charge in [0, 0.05) is 49.5 Å². The summed E-state index contributed by atoms with van der Waals surface area (Å²) in [6, 6.07) is 7.86. The summed E-state index contributed by atoms with van der Waals surface area (Å²) in [6.45, 7) is 13.3. The first-order chi connectivity index (χ1) is 18.7. The molecule has 0 saturated carbocycles. The van der Waals surface area contributed by atoms with E-state index in [0.29, 0.717) is 31.3 Å². The Bertz CT molecular complexity index is 1290. The van der Waals surface area contributed by atoms with Crippen LogP contribution >= 0.6 is 0 Å². The number of ether oxygens (including phenoxy) is 2. The first-order valence-corrected chi connectivity index (χ1v) is 13.3. The Morgan fingerprint density at radius 1 is 1.13 bits per heavy atom. The highest BCUT2D eigenvalue weighted by atomic mass is 16.7. The summed E-state index contributed by atoms with van der Waals surface area (Å²) in [5.41, 5.74) is 4.42. The second-order valence-corrected chi connectivity index (χ2v) is 9.77. The van der Waals surface area contributed by atoms with Crippen molar-refractivity contribution >= 4 is 12.0 Å². The van der Waals surface area contributed by atoms with E-state index < -0.39 is 12.3 Å². The molecule has 1 aromatic carbocycles. The predicted octanol–water partition coefficient (Wildman–Crippen LogP) is 3.94. The summed E-state index contributed by atoms with van der Waals surface area (Å²) in [7, 11) is 0. The van der Waals surface area contributed by atoms with Crippen LogP contribution in [0.15, 0.2) is 28.8 Å². The molecule has 39 heavy (non-hydrogen) atoms. The van der Waals surface area contributed by atoms with Gasteiger partial charge in [0.25, 0.3) is 5.89 Å². The molecule has 4 rings (SSSR count). The highest BCUT2D eigenvalue weighted by molar-refractivity contribution is 5.65. The molecule has 3 aromatic rings. The molecule has 1 aliphatic heterocycles. The van der Waals surface area contributed by atoms with Crippen molar-refractivity contribution < 1.29 is 29.0 Å². The number of hydrogen-bond donors (Lipinski definition) is 2. The number of aryl methyl sites for hydroxylation is 3. The van der Waals surface area contributed by atoms with E-state index in [1.807, 2.05) is 49.9 Å². The lowest BCUT2D eigenvalue weighted by Crippen LogP contribution is -2.55. The average molecular weight is 540 g/mol. The van der Waals surface area contributed by atoms with Gasteiger partial charge in [0.2, 0.25) is 5.82 Å². The number of β-amino-alcohol motifs (C(OH)–C–C–N with tert-alkyl or cyclic N) is 1. The second kappa shape index (κ2) is 12.4. The Morgan fingerprint density at radius 2 is 1.87 bits per heavy atom. The maximum atomic E-state index is 10.6. The molecule has 11 nitrogen and oxygen atoms in total. The smallest absolute Gasteiger partial charge is 0.490 e. The molecule has 1 aliphatic rings. The number of aromatic nitrogens is 3. The van der Waals surface area contributed by atoms with Gasteiger partial charge >= 0.3 is 6.16 Å². The number of anilines is 1. The van der Waals surface area contributed by atoms with Crippen molar-refractivity contribution in [3.8, 4) is 28.6 Å². The molecule has 2 N–H and O–H groups in total. The molecule has 1 atom stereocenters. The number of aliphatic hydroxyl groups excluding tert-OH is 1. The molecule has 0 amide bonds. The van der Waals surface area contributed by atoms with Crippen LogP contribution in [-0.2, 0) is 11.2 Å². The molecule has 0 unspecified atom stereocenters. The lowest BCUT2D eigenvalue weighted by Gasteiger charge is -2.38. The zero-order valence-corrected chi connectivity index (χ0v) is 23.2. The van der Waals surface area contributed by atoms with Crippen LogP contribution in [0, 0.1) is 13.8 Å². The highest BCUT2D eigenvalue weighted by Crippen LogP contribution is 2.32. The fourth-order valence-corrected chi connectivity index (χ4v) is 4.81. The predicted molar refractivity (Wildman–Crippen MR) is 146 cm³/mol. The number of carboxylic acid groups (broad SMARTS) is 1. The fourth-order valence-electron chi connectivity index (χ4n) is 4.81. The van der Waals surface area contributed by atoms with Crippen molar-refractivity contribution in [2.24, 2.45) is 0 Å². The van der Waals surface area contributed by atoms with Crippen LogP contribution < -0.4 is 9.64 Å². The monoisotopic (exact) mass is 539 g/mol. The van der Waals surface area contributed by atoms with Gasteiger partial charge in [-0.3, -0.25) is 4.90 Å². The van der Waals surface area contributed by atoms with E-state index in [0.717, 1.165) is 59.0 Å². The summed E-state index contributed by atoms with van der Waals surface area (Å²) in [5, 5.41) is 23.4. The van der Waals surface area contributed by atoms with Crippen LogP contribution in [-0.4, -0.2) is 87.9 Å². The van der Waals surface area contributed by atoms with Crippen LogP contribution in [0.4, 0.5) is 10.6 Å². The Labute approximate surface area is 228 Å². The minimum Gasteiger partial charge on any atom is -0.490 e. The Hall–Kier alpha value is -3.70. The van der Waals surface area contributed by atoms with E-state index in [2.05, 4.69) is 33.9 Å². The molecule has 11 heteroatoms. The summed E-state index contributed by atoms with van der Waals surface area (Å²) in [6.07, 6.45) is -1.61. The number of pyridine rings is 1.